The molecule has 3 nitrogen and oxygen atoms in total. The maximum atomic E-state index is 12.4. The molecule has 1 heterocycles. The average molecular weight is 336 g/mol. The molecule has 2 aromatic carbocycles. The summed E-state index contributed by atoms with van der Waals surface area (Å²) in [7, 11) is 0. The molecule has 0 radical (unpaired) electrons. The monoisotopic (exact) mass is 335 g/mol. The van der Waals surface area contributed by atoms with Crippen molar-refractivity contribution < 1.29 is 9.53 Å². The van der Waals surface area contributed by atoms with E-state index < -0.39 is 6.10 Å². The first kappa shape index (κ1) is 15.2. The molecule has 0 saturated heterocycles. The molecule has 22 heavy (non-hydrogen) atoms. The Balaban J connectivity index is 1.75. The number of carbonyl (C=O) groups is 1. The second-order valence-electron chi connectivity index (χ2n) is 5.37. The zero-order chi connectivity index (χ0) is 15.7. The van der Waals surface area contributed by atoms with Crippen molar-refractivity contribution in [3.05, 3.63) is 57.6 Å². The third-order valence-corrected chi connectivity index (χ3v) is 4.21. The number of hydrogen-bond acceptors (Lipinski definition) is 2. The van der Waals surface area contributed by atoms with Crippen LogP contribution in [-0.2, 0) is 11.2 Å². The number of benzene rings is 2. The molecule has 1 aliphatic heterocycles. The van der Waals surface area contributed by atoms with Gasteiger partial charge in [-0.2, -0.15) is 0 Å². The Morgan fingerprint density at radius 1 is 1.23 bits per heavy atom. The molecular weight excluding hydrogens is 321 g/mol. The summed E-state index contributed by atoms with van der Waals surface area (Å²) in [5, 5.41) is 3.75. The lowest BCUT2D eigenvalue weighted by Crippen LogP contribution is -2.35. The average Bonchev–Trinajstić information content (AvgIpc) is 2.50. The van der Waals surface area contributed by atoms with Crippen molar-refractivity contribution in [3.8, 4) is 5.75 Å². The molecule has 3 rings (SSSR count). The van der Waals surface area contributed by atoms with Gasteiger partial charge < -0.3 is 10.1 Å². The zero-order valence-corrected chi connectivity index (χ0v) is 13.5. The van der Waals surface area contributed by atoms with Crippen molar-refractivity contribution in [1.82, 2.24) is 0 Å². The summed E-state index contributed by atoms with van der Waals surface area (Å²) in [5.74, 6) is 0.569. The molecule has 0 saturated carbocycles. The number of aryl methyl sites for hydroxylation is 2. The smallest absolute Gasteiger partial charge is 0.265 e. The molecule has 0 bridgehead atoms. The van der Waals surface area contributed by atoms with Crippen molar-refractivity contribution in [2.75, 3.05) is 5.32 Å². The van der Waals surface area contributed by atoms with Crippen LogP contribution < -0.4 is 10.1 Å². The Morgan fingerprint density at radius 2 is 2.05 bits per heavy atom. The molecule has 2 aromatic rings. The highest BCUT2D eigenvalue weighted by Gasteiger charge is 2.26. The van der Waals surface area contributed by atoms with Gasteiger partial charge >= 0.3 is 0 Å². The van der Waals surface area contributed by atoms with Crippen LogP contribution in [0.1, 0.15) is 17.5 Å². The Bertz CT molecular complexity index is 731. The van der Waals surface area contributed by atoms with E-state index in [4.69, 9.17) is 27.9 Å². The quantitative estimate of drug-likeness (QED) is 0.868. The molecule has 0 fully saturated rings. The molecule has 1 amide bonds. The van der Waals surface area contributed by atoms with Gasteiger partial charge in [-0.3, -0.25) is 4.79 Å². The Kier molecular flexibility index (Phi) is 4.27. The van der Waals surface area contributed by atoms with Gasteiger partial charge in [0.1, 0.15) is 5.75 Å². The summed E-state index contributed by atoms with van der Waals surface area (Å²) in [6.07, 6.45) is 0.932. The van der Waals surface area contributed by atoms with E-state index >= 15 is 0 Å². The normalized spacial score (nSPS) is 16.6. The minimum absolute atomic E-state index is 0.212. The zero-order valence-electron chi connectivity index (χ0n) is 12.0. The molecule has 1 N–H and O–H groups in total. The largest absolute Gasteiger partial charge is 0.480 e. The van der Waals surface area contributed by atoms with Gasteiger partial charge in [0.25, 0.3) is 5.91 Å². The fourth-order valence-corrected chi connectivity index (χ4v) is 2.80. The standard InChI is InChI=1S/C17H15Cl2NO2/c1-10-2-3-11-4-7-15(22-16(11)8-10)17(21)20-14-9-12(18)5-6-13(14)19/h2-3,5-6,8-9,15H,4,7H2,1H3,(H,20,21). The highest BCUT2D eigenvalue weighted by molar-refractivity contribution is 6.35. The molecule has 114 valence electrons. The predicted octanol–water partition coefficient (Wildman–Crippen LogP) is 4.63. The van der Waals surface area contributed by atoms with Crippen molar-refractivity contribution in [2.24, 2.45) is 0 Å². The number of hydrogen-bond donors (Lipinski definition) is 1. The van der Waals surface area contributed by atoms with Crippen LogP contribution in [0.25, 0.3) is 0 Å². The second-order valence-corrected chi connectivity index (χ2v) is 6.21. The van der Waals surface area contributed by atoms with Gasteiger partial charge in [0.2, 0.25) is 0 Å². The van der Waals surface area contributed by atoms with E-state index in [2.05, 4.69) is 5.32 Å². The van der Waals surface area contributed by atoms with Crippen LogP contribution in [0.3, 0.4) is 0 Å². The topological polar surface area (TPSA) is 38.3 Å². The number of halogens is 2. The molecule has 0 aromatic heterocycles. The van der Waals surface area contributed by atoms with Crippen molar-refractivity contribution >= 4 is 34.8 Å². The summed E-state index contributed by atoms with van der Waals surface area (Å²) in [5.41, 5.74) is 2.74. The van der Waals surface area contributed by atoms with E-state index in [1.807, 2.05) is 25.1 Å². The van der Waals surface area contributed by atoms with Gasteiger partial charge in [0.05, 0.1) is 10.7 Å². The van der Waals surface area contributed by atoms with Gasteiger partial charge in [-0.1, -0.05) is 35.3 Å². The maximum absolute atomic E-state index is 12.4. The second kappa shape index (κ2) is 6.19. The first-order chi connectivity index (χ1) is 10.5. The third-order valence-electron chi connectivity index (χ3n) is 3.65. The molecule has 1 atom stereocenters. The van der Waals surface area contributed by atoms with Crippen molar-refractivity contribution in [2.45, 2.75) is 25.9 Å². The van der Waals surface area contributed by atoms with E-state index in [0.29, 0.717) is 22.2 Å². The number of nitrogens with one attached hydrogen (secondary N) is 1. The lowest BCUT2D eigenvalue weighted by molar-refractivity contribution is -0.123. The predicted molar refractivity (Wildman–Crippen MR) is 89.0 cm³/mol. The van der Waals surface area contributed by atoms with E-state index in [1.165, 1.54) is 0 Å². The Morgan fingerprint density at radius 3 is 2.86 bits per heavy atom. The van der Waals surface area contributed by atoms with E-state index in [1.54, 1.807) is 18.2 Å². The van der Waals surface area contributed by atoms with Crippen LogP contribution in [0.5, 0.6) is 5.75 Å². The van der Waals surface area contributed by atoms with Gasteiger partial charge in [-0.15, -0.1) is 0 Å². The SMILES string of the molecule is Cc1ccc2c(c1)OC(C(=O)Nc1cc(Cl)ccc1Cl)CC2. The van der Waals surface area contributed by atoms with Crippen LogP contribution in [-0.4, -0.2) is 12.0 Å². The minimum Gasteiger partial charge on any atom is -0.480 e. The van der Waals surface area contributed by atoms with E-state index in [-0.39, 0.29) is 5.91 Å². The fraction of sp³-hybridized carbons (Fsp3) is 0.235. The molecular formula is C17H15Cl2NO2. The van der Waals surface area contributed by atoms with Crippen LogP contribution in [0.15, 0.2) is 36.4 Å². The van der Waals surface area contributed by atoms with Crippen LogP contribution >= 0.6 is 23.2 Å². The van der Waals surface area contributed by atoms with E-state index in [9.17, 15) is 4.79 Å². The summed E-state index contributed by atoms with van der Waals surface area (Å²) in [6, 6.07) is 11.0. The van der Waals surface area contributed by atoms with Gasteiger partial charge in [0, 0.05) is 5.02 Å². The third kappa shape index (κ3) is 3.21. The minimum atomic E-state index is -0.524. The lowest BCUT2D eigenvalue weighted by Gasteiger charge is -2.25. The van der Waals surface area contributed by atoms with E-state index in [0.717, 1.165) is 23.3 Å². The number of rotatable bonds is 2. The lowest BCUT2D eigenvalue weighted by atomic mass is 10.0. The number of amides is 1. The summed E-state index contributed by atoms with van der Waals surface area (Å²) in [4.78, 5) is 12.4. The van der Waals surface area contributed by atoms with Crippen molar-refractivity contribution in [3.63, 3.8) is 0 Å². The Hall–Kier alpha value is -1.71. The highest BCUT2D eigenvalue weighted by Crippen LogP contribution is 2.30. The first-order valence-corrected chi connectivity index (χ1v) is 7.80. The summed E-state index contributed by atoms with van der Waals surface area (Å²) in [6.45, 7) is 2.00. The fourth-order valence-electron chi connectivity index (χ4n) is 2.47. The number of carbonyl (C=O) groups excluding carboxylic acids is 1. The van der Waals surface area contributed by atoms with Gasteiger partial charge in [0.15, 0.2) is 6.10 Å². The van der Waals surface area contributed by atoms with Gasteiger partial charge in [-0.05, 0) is 55.2 Å². The molecule has 1 unspecified atom stereocenters. The number of fused-ring (bicyclic) bond motifs is 1. The highest BCUT2D eigenvalue weighted by atomic mass is 35.5. The summed E-state index contributed by atoms with van der Waals surface area (Å²) < 4.78 is 5.83. The van der Waals surface area contributed by atoms with Crippen LogP contribution in [0.4, 0.5) is 5.69 Å². The maximum Gasteiger partial charge on any atom is 0.265 e. The van der Waals surface area contributed by atoms with Gasteiger partial charge in [-0.25, -0.2) is 0 Å². The Labute approximate surface area is 139 Å². The van der Waals surface area contributed by atoms with Crippen LogP contribution in [0.2, 0.25) is 10.0 Å². The van der Waals surface area contributed by atoms with Crippen molar-refractivity contribution in [1.29, 1.82) is 0 Å². The molecule has 0 aliphatic carbocycles. The molecule has 1 aliphatic rings. The summed E-state index contributed by atoms with van der Waals surface area (Å²) >= 11 is 12.0. The number of ether oxygens (including phenoxy) is 1. The molecule has 0 spiro atoms. The number of anilines is 1. The van der Waals surface area contributed by atoms with Crippen LogP contribution in [0, 0.1) is 6.92 Å². The molecule has 5 heteroatoms. The first-order valence-electron chi connectivity index (χ1n) is 7.05.